The number of anilines is 1. The first-order chi connectivity index (χ1) is 10.6. The molecule has 0 aromatic carbocycles. The summed E-state index contributed by atoms with van der Waals surface area (Å²) in [5.74, 6) is 1.51. The molecule has 1 unspecified atom stereocenters. The summed E-state index contributed by atoms with van der Waals surface area (Å²) >= 11 is 0. The van der Waals surface area contributed by atoms with Gasteiger partial charge in [0.2, 0.25) is 5.95 Å². The Hall–Kier alpha value is -1.76. The Kier molecular flexibility index (Phi) is 4.24. The van der Waals surface area contributed by atoms with Crippen molar-refractivity contribution in [2.24, 2.45) is 13.0 Å². The molecule has 22 heavy (non-hydrogen) atoms. The first-order valence-electron chi connectivity index (χ1n) is 7.88. The Bertz CT molecular complexity index is 538. The zero-order chi connectivity index (χ0) is 15.7. The van der Waals surface area contributed by atoms with Crippen molar-refractivity contribution in [1.82, 2.24) is 19.8 Å². The van der Waals surface area contributed by atoms with E-state index in [4.69, 9.17) is 4.74 Å². The number of hydrogen-bond acceptors (Lipinski definition) is 4. The summed E-state index contributed by atoms with van der Waals surface area (Å²) in [5, 5.41) is 3.03. The number of carbonyl (C=O) groups excluding carboxylic acids is 1. The smallest absolute Gasteiger partial charge is 0.318 e. The minimum Gasteiger partial charge on any atom is -0.377 e. The number of hydrogen-bond donors (Lipinski definition) is 1. The first-order valence-corrected chi connectivity index (χ1v) is 7.88. The highest BCUT2D eigenvalue weighted by atomic mass is 16.5. The van der Waals surface area contributed by atoms with Crippen molar-refractivity contribution in [3.05, 3.63) is 11.9 Å². The summed E-state index contributed by atoms with van der Waals surface area (Å²) in [6, 6.07) is 0.255. The minimum atomic E-state index is 0.00723. The summed E-state index contributed by atoms with van der Waals surface area (Å²) < 4.78 is 7.53. The molecule has 2 aliphatic rings. The molecule has 7 nitrogen and oxygen atoms in total. The van der Waals surface area contributed by atoms with Gasteiger partial charge in [-0.15, -0.1) is 0 Å². The minimum absolute atomic E-state index is 0.00723. The van der Waals surface area contributed by atoms with Crippen molar-refractivity contribution < 1.29 is 9.53 Å². The van der Waals surface area contributed by atoms with Gasteiger partial charge in [0, 0.05) is 27.7 Å². The van der Waals surface area contributed by atoms with Crippen LogP contribution in [-0.2, 0) is 18.3 Å². The van der Waals surface area contributed by atoms with E-state index in [0.717, 1.165) is 11.6 Å². The van der Waals surface area contributed by atoms with Crippen molar-refractivity contribution in [3.8, 4) is 0 Å². The molecule has 7 heteroatoms. The number of nitrogens with one attached hydrogen (secondary N) is 1. The van der Waals surface area contributed by atoms with Crippen molar-refractivity contribution in [1.29, 1.82) is 0 Å². The van der Waals surface area contributed by atoms with Crippen LogP contribution in [0.4, 0.5) is 10.7 Å². The van der Waals surface area contributed by atoms with Crippen LogP contribution >= 0.6 is 0 Å². The maximum atomic E-state index is 12.5. The van der Waals surface area contributed by atoms with Gasteiger partial charge in [-0.05, 0) is 18.8 Å². The fourth-order valence-corrected chi connectivity index (χ4v) is 3.03. The second kappa shape index (κ2) is 6.16. The van der Waals surface area contributed by atoms with Crippen LogP contribution < -0.4 is 10.2 Å². The highest BCUT2D eigenvalue weighted by molar-refractivity contribution is 5.74. The van der Waals surface area contributed by atoms with Gasteiger partial charge in [0.25, 0.3) is 0 Å². The van der Waals surface area contributed by atoms with E-state index < -0.39 is 0 Å². The lowest BCUT2D eigenvalue weighted by Gasteiger charge is -2.35. The molecular weight excluding hydrogens is 282 g/mol. The molecule has 1 aromatic heterocycles. The molecule has 2 fully saturated rings. The van der Waals surface area contributed by atoms with Crippen LogP contribution in [0, 0.1) is 5.92 Å². The standard InChI is InChI=1S/C15H25N5O2/c1-18(2)14-16-8-12(19(14)3)9-17-15(21)20-6-7-22-10-13(20)11-4-5-11/h8,11,13H,4-7,9-10H2,1-3H3,(H,17,21). The monoisotopic (exact) mass is 307 g/mol. The van der Waals surface area contributed by atoms with Gasteiger partial charge >= 0.3 is 6.03 Å². The third-order valence-corrected chi connectivity index (χ3v) is 4.47. The highest BCUT2D eigenvalue weighted by Crippen LogP contribution is 2.36. The zero-order valence-electron chi connectivity index (χ0n) is 13.6. The predicted molar refractivity (Wildman–Crippen MR) is 83.8 cm³/mol. The third-order valence-electron chi connectivity index (χ3n) is 4.47. The van der Waals surface area contributed by atoms with Crippen LogP contribution in [0.15, 0.2) is 6.20 Å². The largest absolute Gasteiger partial charge is 0.377 e. The molecule has 1 aromatic rings. The Morgan fingerprint density at radius 2 is 2.27 bits per heavy atom. The number of ether oxygens (including phenoxy) is 1. The lowest BCUT2D eigenvalue weighted by molar-refractivity contribution is 0.00461. The highest BCUT2D eigenvalue weighted by Gasteiger charge is 2.39. The molecule has 3 rings (SSSR count). The molecule has 1 atom stereocenters. The molecule has 1 saturated carbocycles. The zero-order valence-corrected chi connectivity index (χ0v) is 13.6. The number of carbonyl (C=O) groups is 1. The number of imidazole rings is 1. The van der Waals surface area contributed by atoms with Gasteiger partial charge in [0.05, 0.1) is 37.7 Å². The van der Waals surface area contributed by atoms with E-state index in [0.29, 0.717) is 32.2 Å². The quantitative estimate of drug-likeness (QED) is 0.894. The second-order valence-corrected chi connectivity index (χ2v) is 6.33. The summed E-state index contributed by atoms with van der Waals surface area (Å²) in [5.41, 5.74) is 0.994. The number of rotatable bonds is 4. The van der Waals surface area contributed by atoms with Gasteiger partial charge in [-0.25, -0.2) is 9.78 Å². The molecule has 0 bridgehead atoms. The lowest BCUT2D eigenvalue weighted by Crippen LogP contribution is -2.53. The topological polar surface area (TPSA) is 62.6 Å². The molecule has 2 heterocycles. The van der Waals surface area contributed by atoms with E-state index in [1.807, 2.05) is 41.7 Å². The van der Waals surface area contributed by atoms with Gasteiger partial charge < -0.3 is 24.4 Å². The van der Waals surface area contributed by atoms with Gasteiger partial charge in [0.1, 0.15) is 0 Å². The first kappa shape index (κ1) is 15.1. The van der Waals surface area contributed by atoms with E-state index >= 15 is 0 Å². The van der Waals surface area contributed by atoms with Crippen molar-refractivity contribution in [3.63, 3.8) is 0 Å². The van der Waals surface area contributed by atoms with Gasteiger partial charge in [0.15, 0.2) is 0 Å². The number of aromatic nitrogens is 2. The molecule has 0 radical (unpaired) electrons. The molecule has 1 N–H and O–H groups in total. The van der Waals surface area contributed by atoms with E-state index in [1.54, 1.807) is 0 Å². The van der Waals surface area contributed by atoms with E-state index in [-0.39, 0.29) is 12.1 Å². The van der Waals surface area contributed by atoms with Crippen molar-refractivity contribution in [2.75, 3.05) is 38.8 Å². The average Bonchev–Trinajstić information content (AvgIpc) is 3.28. The van der Waals surface area contributed by atoms with Crippen LogP contribution in [0.2, 0.25) is 0 Å². The molecule has 0 spiro atoms. The molecule has 1 saturated heterocycles. The number of nitrogens with zero attached hydrogens (tertiary/aromatic N) is 4. The van der Waals surface area contributed by atoms with Crippen LogP contribution in [0.3, 0.4) is 0 Å². The maximum absolute atomic E-state index is 12.5. The number of urea groups is 1. The molecule has 1 aliphatic heterocycles. The second-order valence-electron chi connectivity index (χ2n) is 6.33. The lowest BCUT2D eigenvalue weighted by atomic mass is 10.1. The summed E-state index contributed by atoms with van der Waals surface area (Å²) in [7, 11) is 5.88. The van der Waals surface area contributed by atoms with Crippen molar-refractivity contribution >= 4 is 12.0 Å². The van der Waals surface area contributed by atoms with Gasteiger partial charge in [-0.2, -0.15) is 0 Å². The Morgan fingerprint density at radius 3 is 2.91 bits per heavy atom. The molecule has 1 aliphatic carbocycles. The van der Waals surface area contributed by atoms with E-state index in [9.17, 15) is 4.79 Å². The molecule has 122 valence electrons. The van der Waals surface area contributed by atoms with Crippen LogP contribution in [0.1, 0.15) is 18.5 Å². The van der Waals surface area contributed by atoms with Crippen molar-refractivity contribution in [2.45, 2.75) is 25.4 Å². The number of morpholine rings is 1. The average molecular weight is 307 g/mol. The van der Waals surface area contributed by atoms with Crippen LogP contribution in [-0.4, -0.2) is 60.4 Å². The Labute approximate surface area is 131 Å². The summed E-state index contributed by atoms with van der Waals surface area (Å²) in [6.45, 7) is 2.48. The number of amides is 2. The molecular formula is C15H25N5O2. The molecule has 2 amide bonds. The third kappa shape index (κ3) is 3.04. The fraction of sp³-hybridized carbons (Fsp3) is 0.733. The Morgan fingerprint density at radius 1 is 1.50 bits per heavy atom. The summed E-state index contributed by atoms with van der Waals surface area (Å²) in [4.78, 5) is 20.8. The summed E-state index contributed by atoms with van der Waals surface area (Å²) in [6.07, 6.45) is 4.24. The normalized spacial score (nSPS) is 21.8. The van der Waals surface area contributed by atoms with Crippen LogP contribution in [0.5, 0.6) is 0 Å². The van der Waals surface area contributed by atoms with E-state index in [2.05, 4.69) is 10.3 Å². The van der Waals surface area contributed by atoms with Crippen LogP contribution in [0.25, 0.3) is 0 Å². The maximum Gasteiger partial charge on any atom is 0.318 e. The SMILES string of the molecule is CN(C)c1ncc(CNC(=O)N2CCOCC2C2CC2)n1C. The fourth-order valence-electron chi connectivity index (χ4n) is 3.03. The van der Waals surface area contributed by atoms with E-state index in [1.165, 1.54) is 12.8 Å². The Balaban J connectivity index is 1.59. The van der Waals surface area contributed by atoms with Gasteiger partial charge in [-0.3, -0.25) is 0 Å². The van der Waals surface area contributed by atoms with Gasteiger partial charge in [-0.1, -0.05) is 0 Å². The predicted octanol–water partition coefficient (Wildman–Crippen LogP) is 0.806.